The second kappa shape index (κ2) is 9.38. The maximum absolute atomic E-state index is 6.10. The van der Waals surface area contributed by atoms with Crippen LogP contribution in [0.4, 0.5) is 17.1 Å². The second-order valence-electron chi connectivity index (χ2n) is 9.29. The zero-order valence-corrected chi connectivity index (χ0v) is 20.7. The Morgan fingerprint density at radius 3 is 1.76 bits per heavy atom. The van der Waals surface area contributed by atoms with Crippen molar-refractivity contribution in [1.29, 1.82) is 0 Å². The van der Waals surface area contributed by atoms with E-state index in [-0.39, 0.29) is 0 Å². The third-order valence-corrected chi connectivity index (χ3v) is 6.88. The van der Waals surface area contributed by atoms with E-state index in [2.05, 4.69) is 102 Å². The highest BCUT2D eigenvalue weighted by atomic mass is 16.3. The molecule has 7 rings (SSSR count). The zero-order valence-electron chi connectivity index (χ0n) is 20.7. The molecule has 0 N–H and O–H groups in total. The van der Waals surface area contributed by atoms with Gasteiger partial charge in [-0.3, -0.25) is 0 Å². The summed E-state index contributed by atoms with van der Waals surface area (Å²) in [4.78, 5) is 7.15. The molecular weight excluding hydrogens is 464 g/mol. The molecule has 0 spiro atoms. The molecule has 6 aromatic carbocycles. The van der Waals surface area contributed by atoms with Gasteiger partial charge in [0, 0.05) is 28.0 Å². The highest BCUT2D eigenvalue weighted by molar-refractivity contribution is 6.05. The van der Waals surface area contributed by atoms with Crippen molar-refractivity contribution in [3.8, 4) is 22.6 Å². The normalized spacial score (nSPS) is 11.2. The van der Waals surface area contributed by atoms with Crippen LogP contribution in [0.25, 0.3) is 44.5 Å². The van der Waals surface area contributed by atoms with E-state index in [9.17, 15) is 0 Å². The standard InChI is InChI=1S/C35H24N2O/c1-4-10-25(11-5-1)26-16-19-30(20-17-26)37(29-14-8-3-9-15-29)31-21-22-32-28(24-31)18-23-33-34(32)36-35(38-33)27-12-6-2-7-13-27/h1-24H. The van der Waals surface area contributed by atoms with Crippen LogP contribution in [0.5, 0.6) is 0 Å². The van der Waals surface area contributed by atoms with Crippen LogP contribution in [0.3, 0.4) is 0 Å². The van der Waals surface area contributed by atoms with E-state index in [1.165, 1.54) is 11.1 Å². The van der Waals surface area contributed by atoms with E-state index in [1.807, 2.05) is 48.5 Å². The van der Waals surface area contributed by atoms with E-state index >= 15 is 0 Å². The molecule has 0 saturated carbocycles. The van der Waals surface area contributed by atoms with Crippen LogP contribution < -0.4 is 4.90 Å². The Balaban J connectivity index is 1.32. The largest absolute Gasteiger partial charge is 0.436 e. The van der Waals surface area contributed by atoms with E-state index < -0.39 is 0 Å². The quantitative estimate of drug-likeness (QED) is 0.241. The van der Waals surface area contributed by atoms with Crippen LogP contribution in [-0.2, 0) is 0 Å². The van der Waals surface area contributed by atoms with E-state index in [4.69, 9.17) is 9.40 Å². The van der Waals surface area contributed by atoms with Gasteiger partial charge < -0.3 is 9.32 Å². The molecule has 0 aliphatic rings. The highest BCUT2D eigenvalue weighted by Crippen LogP contribution is 2.38. The average Bonchev–Trinajstić information content (AvgIpc) is 3.44. The number of hydrogen-bond acceptors (Lipinski definition) is 3. The van der Waals surface area contributed by atoms with Crippen molar-refractivity contribution in [3.63, 3.8) is 0 Å². The van der Waals surface area contributed by atoms with Crippen molar-refractivity contribution in [2.24, 2.45) is 0 Å². The summed E-state index contributed by atoms with van der Waals surface area (Å²) >= 11 is 0. The topological polar surface area (TPSA) is 29.3 Å². The molecule has 0 bridgehead atoms. The zero-order chi connectivity index (χ0) is 25.3. The highest BCUT2D eigenvalue weighted by Gasteiger charge is 2.15. The first-order valence-corrected chi connectivity index (χ1v) is 12.7. The number of nitrogens with zero attached hydrogens (tertiary/aromatic N) is 2. The summed E-state index contributed by atoms with van der Waals surface area (Å²) in [6.45, 7) is 0. The Morgan fingerprint density at radius 1 is 0.474 bits per heavy atom. The van der Waals surface area contributed by atoms with Crippen LogP contribution in [0.1, 0.15) is 0 Å². The molecule has 7 aromatic rings. The van der Waals surface area contributed by atoms with Gasteiger partial charge in [0.05, 0.1) is 0 Å². The van der Waals surface area contributed by atoms with Crippen LogP contribution in [-0.4, -0.2) is 4.98 Å². The number of hydrogen-bond donors (Lipinski definition) is 0. The maximum atomic E-state index is 6.10. The third kappa shape index (κ3) is 4.00. The molecule has 0 unspecified atom stereocenters. The summed E-state index contributed by atoms with van der Waals surface area (Å²) < 4.78 is 6.10. The minimum absolute atomic E-state index is 0.640. The molecule has 180 valence electrons. The summed E-state index contributed by atoms with van der Waals surface area (Å²) in [6.07, 6.45) is 0. The Kier molecular flexibility index (Phi) is 5.45. The number of aromatic nitrogens is 1. The van der Waals surface area contributed by atoms with Crippen LogP contribution in [0.2, 0.25) is 0 Å². The van der Waals surface area contributed by atoms with Crippen LogP contribution >= 0.6 is 0 Å². The molecule has 0 saturated heterocycles. The number of anilines is 3. The van der Waals surface area contributed by atoms with Crippen molar-refractivity contribution in [2.75, 3.05) is 4.90 Å². The van der Waals surface area contributed by atoms with Gasteiger partial charge in [0.1, 0.15) is 5.52 Å². The van der Waals surface area contributed by atoms with Gasteiger partial charge in [0.2, 0.25) is 5.89 Å². The first kappa shape index (κ1) is 22.1. The lowest BCUT2D eigenvalue weighted by Crippen LogP contribution is -2.09. The summed E-state index contributed by atoms with van der Waals surface area (Å²) in [5.41, 5.74) is 8.35. The SMILES string of the molecule is c1ccc(-c2ccc(N(c3ccccc3)c3ccc4c(ccc5oc(-c6ccccc6)nc54)c3)cc2)cc1. The fourth-order valence-electron chi connectivity index (χ4n) is 5.01. The van der Waals surface area contributed by atoms with Crippen LogP contribution in [0, 0.1) is 0 Å². The van der Waals surface area contributed by atoms with Crippen molar-refractivity contribution in [3.05, 3.63) is 146 Å². The van der Waals surface area contributed by atoms with Gasteiger partial charge in [0.15, 0.2) is 5.58 Å². The van der Waals surface area contributed by atoms with E-state index in [1.54, 1.807) is 0 Å². The fourth-order valence-corrected chi connectivity index (χ4v) is 5.01. The van der Waals surface area contributed by atoms with Gasteiger partial charge in [-0.1, -0.05) is 84.9 Å². The molecule has 0 amide bonds. The Bertz CT molecular complexity index is 1840. The predicted octanol–water partition coefficient (Wildman–Crippen LogP) is 9.78. The summed E-state index contributed by atoms with van der Waals surface area (Å²) in [5, 5.41) is 2.19. The Morgan fingerprint density at radius 2 is 1.05 bits per heavy atom. The smallest absolute Gasteiger partial charge is 0.227 e. The molecule has 3 heteroatoms. The molecule has 1 heterocycles. The average molecular weight is 489 g/mol. The van der Waals surface area contributed by atoms with Crippen molar-refractivity contribution in [1.82, 2.24) is 4.98 Å². The molecule has 0 radical (unpaired) electrons. The maximum Gasteiger partial charge on any atom is 0.227 e. The monoisotopic (exact) mass is 488 g/mol. The van der Waals surface area contributed by atoms with Gasteiger partial charge in [0.25, 0.3) is 0 Å². The van der Waals surface area contributed by atoms with Crippen molar-refractivity contribution >= 4 is 38.9 Å². The number of fused-ring (bicyclic) bond motifs is 3. The predicted molar refractivity (Wildman–Crippen MR) is 157 cm³/mol. The summed E-state index contributed by atoms with van der Waals surface area (Å²) in [5.74, 6) is 0.640. The van der Waals surface area contributed by atoms with Crippen molar-refractivity contribution in [2.45, 2.75) is 0 Å². The number of benzene rings is 6. The molecule has 1 aromatic heterocycles. The van der Waals surface area contributed by atoms with E-state index in [0.717, 1.165) is 44.5 Å². The minimum atomic E-state index is 0.640. The molecule has 3 nitrogen and oxygen atoms in total. The second-order valence-corrected chi connectivity index (χ2v) is 9.29. The minimum Gasteiger partial charge on any atom is -0.436 e. The summed E-state index contributed by atoms with van der Waals surface area (Å²) in [7, 11) is 0. The van der Waals surface area contributed by atoms with Gasteiger partial charge in [-0.15, -0.1) is 0 Å². The Hall–Kier alpha value is -5.15. The molecule has 0 aliphatic heterocycles. The fraction of sp³-hybridized carbons (Fsp3) is 0. The van der Waals surface area contributed by atoms with Gasteiger partial charge in [-0.05, 0) is 77.2 Å². The number of rotatable bonds is 5. The number of oxazole rings is 1. The molecule has 38 heavy (non-hydrogen) atoms. The first-order chi connectivity index (χ1) is 18.8. The lowest BCUT2D eigenvalue weighted by atomic mass is 10.0. The lowest BCUT2D eigenvalue weighted by Gasteiger charge is -2.26. The Labute approximate surface area is 221 Å². The lowest BCUT2D eigenvalue weighted by molar-refractivity contribution is 0.620. The molecular formula is C35H24N2O. The van der Waals surface area contributed by atoms with Gasteiger partial charge in [-0.2, -0.15) is 0 Å². The molecule has 0 fully saturated rings. The molecule has 0 atom stereocenters. The third-order valence-electron chi connectivity index (χ3n) is 6.88. The number of para-hydroxylation sites is 1. The summed E-state index contributed by atoms with van der Waals surface area (Å²) in [6, 6.07) is 50.4. The van der Waals surface area contributed by atoms with E-state index in [0.29, 0.717) is 5.89 Å². The van der Waals surface area contributed by atoms with Crippen molar-refractivity contribution < 1.29 is 4.42 Å². The van der Waals surface area contributed by atoms with Crippen LogP contribution in [0.15, 0.2) is 150 Å². The first-order valence-electron chi connectivity index (χ1n) is 12.7. The van der Waals surface area contributed by atoms with Gasteiger partial charge >= 0.3 is 0 Å². The molecule has 0 aliphatic carbocycles. The van der Waals surface area contributed by atoms with Gasteiger partial charge in [-0.25, -0.2) is 4.98 Å².